The summed E-state index contributed by atoms with van der Waals surface area (Å²) in [6.45, 7) is -0.136. The number of ketones is 1. The van der Waals surface area contributed by atoms with E-state index in [1.165, 1.54) is 7.11 Å². The summed E-state index contributed by atoms with van der Waals surface area (Å²) in [5.41, 5.74) is 2.86. The number of methoxy groups -OCH3 is 3. The number of esters is 1. The Balaban J connectivity index is 1.45. The summed E-state index contributed by atoms with van der Waals surface area (Å²) in [6, 6.07) is 11.7. The van der Waals surface area contributed by atoms with E-state index in [9.17, 15) is 14.4 Å². The Kier molecular flexibility index (Phi) is 9.37. The third-order valence-electron chi connectivity index (χ3n) is 7.42. The molecule has 10 nitrogen and oxygen atoms in total. The van der Waals surface area contributed by atoms with Gasteiger partial charge in [-0.05, 0) is 49.1 Å². The van der Waals surface area contributed by atoms with Crippen molar-refractivity contribution in [1.82, 2.24) is 20.1 Å². The fourth-order valence-electron chi connectivity index (χ4n) is 5.14. The minimum Gasteiger partial charge on any atom is -0.493 e. The maximum Gasteiger partial charge on any atom is 0.305 e. The average Bonchev–Trinajstić information content (AvgIpc) is 3.78. The summed E-state index contributed by atoms with van der Waals surface area (Å²) in [4.78, 5) is 36.3. The largest absolute Gasteiger partial charge is 0.493 e. The van der Waals surface area contributed by atoms with Gasteiger partial charge in [0, 0.05) is 29.3 Å². The topological polar surface area (TPSA) is 122 Å². The van der Waals surface area contributed by atoms with Gasteiger partial charge in [0.2, 0.25) is 5.91 Å². The predicted octanol–water partition coefficient (Wildman–Crippen LogP) is 5.11. The molecule has 0 saturated heterocycles. The molecule has 2 aliphatic rings. The zero-order chi connectivity index (χ0) is 29.8. The number of benzene rings is 2. The second-order valence-corrected chi connectivity index (χ2v) is 12.0. The smallest absolute Gasteiger partial charge is 0.305 e. The number of para-hydroxylation sites is 1. The first kappa shape index (κ1) is 29.9. The SMILES string of the molecule is COC(=O)CCC(=O)CNC(=O)CC[C@H]1S[C@H](c2cccc(OC)c2OC)c2cc(Cl)ccc2-n2c(C3CC3)nnc21. The van der Waals surface area contributed by atoms with Gasteiger partial charge in [-0.1, -0.05) is 23.7 Å². The molecule has 1 N–H and O–H groups in total. The van der Waals surface area contributed by atoms with E-state index in [-0.39, 0.29) is 48.0 Å². The fraction of sp³-hybridized carbons (Fsp3) is 0.433. The Hall–Kier alpha value is -3.57. The number of carbonyl (C=O) groups excluding carboxylic acids is 3. The number of ether oxygens (including phenoxy) is 3. The molecule has 0 unspecified atom stereocenters. The summed E-state index contributed by atoms with van der Waals surface area (Å²) in [5.74, 6) is 2.33. The number of hydrogen-bond acceptors (Lipinski definition) is 9. The van der Waals surface area contributed by atoms with Gasteiger partial charge in [0.15, 0.2) is 23.1 Å². The van der Waals surface area contributed by atoms with Crippen molar-refractivity contribution in [3.05, 3.63) is 64.2 Å². The molecule has 2 atom stereocenters. The highest BCUT2D eigenvalue weighted by molar-refractivity contribution is 8.00. The van der Waals surface area contributed by atoms with Gasteiger partial charge < -0.3 is 19.5 Å². The van der Waals surface area contributed by atoms with E-state index in [1.807, 2.05) is 36.4 Å². The third kappa shape index (κ3) is 6.42. The highest BCUT2D eigenvalue weighted by Crippen LogP contribution is 2.55. The molecule has 0 radical (unpaired) electrons. The van der Waals surface area contributed by atoms with Crippen LogP contribution in [0.4, 0.5) is 0 Å². The normalized spacial score (nSPS) is 17.4. The van der Waals surface area contributed by atoms with Gasteiger partial charge in [0.25, 0.3) is 0 Å². The van der Waals surface area contributed by atoms with Crippen molar-refractivity contribution in [3.63, 3.8) is 0 Å². The molecular formula is C30H33ClN4O6S. The van der Waals surface area contributed by atoms with Crippen molar-refractivity contribution in [3.8, 4) is 17.2 Å². The molecule has 1 saturated carbocycles. The molecule has 0 spiro atoms. The second kappa shape index (κ2) is 13.2. The fourth-order valence-corrected chi connectivity index (χ4v) is 6.85. The van der Waals surface area contributed by atoms with Gasteiger partial charge in [0.05, 0.1) is 50.5 Å². The quantitative estimate of drug-likeness (QED) is 0.278. The minimum atomic E-state index is -0.459. The molecule has 1 fully saturated rings. The number of fused-ring (bicyclic) bond motifs is 3. The highest BCUT2D eigenvalue weighted by Gasteiger charge is 2.38. The standard InChI is InChI=1S/C30H33ClN4O6S/c1-39-23-6-4-5-20(27(23)41-3)28-21-15-18(31)9-11-22(21)35-29(17-7-8-17)33-34-30(35)24(42-28)12-13-25(37)32-16-19(36)10-14-26(38)40-2/h4-6,9,11,15,17,24,28H,7-8,10,12-14,16H2,1-3H3,(H,32,37)/t24-,28-/m1/s1. The summed E-state index contributed by atoms with van der Waals surface area (Å²) in [7, 11) is 4.50. The van der Waals surface area contributed by atoms with Gasteiger partial charge in [0.1, 0.15) is 5.82 Å². The Morgan fingerprint density at radius 3 is 2.50 bits per heavy atom. The molecule has 1 aromatic heterocycles. The Bertz CT molecular complexity index is 1490. The molecule has 1 amide bonds. The first-order chi connectivity index (χ1) is 20.3. The summed E-state index contributed by atoms with van der Waals surface area (Å²) in [5, 5.41) is 12.1. The number of rotatable bonds is 12. The third-order valence-corrected chi connectivity index (χ3v) is 9.21. The molecule has 12 heteroatoms. The van der Waals surface area contributed by atoms with E-state index >= 15 is 0 Å². The van der Waals surface area contributed by atoms with Gasteiger partial charge >= 0.3 is 5.97 Å². The van der Waals surface area contributed by atoms with E-state index in [1.54, 1.807) is 26.0 Å². The van der Waals surface area contributed by atoms with Crippen LogP contribution < -0.4 is 14.8 Å². The zero-order valence-electron chi connectivity index (χ0n) is 23.7. The van der Waals surface area contributed by atoms with Crippen molar-refractivity contribution in [2.45, 2.75) is 54.9 Å². The predicted molar refractivity (Wildman–Crippen MR) is 159 cm³/mol. The van der Waals surface area contributed by atoms with Crippen LogP contribution in [-0.2, 0) is 19.1 Å². The lowest BCUT2D eigenvalue weighted by Gasteiger charge is -2.24. The Morgan fingerprint density at radius 2 is 1.79 bits per heavy atom. The molecule has 3 aromatic rings. The van der Waals surface area contributed by atoms with Crippen LogP contribution in [0, 0.1) is 0 Å². The maximum absolute atomic E-state index is 12.8. The van der Waals surface area contributed by atoms with E-state index in [2.05, 4.69) is 24.8 Å². The number of halogens is 1. The number of nitrogens with one attached hydrogen (secondary N) is 1. The number of Topliss-reactive ketones (excluding diaryl/α,β-unsaturated/α-hetero) is 1. The van der Waals surface area contributed by atoms with Crippen LogP contribution in [0.2, 0.25) is 5.02 Å². The Labute approximate surface area is 253 Å². The number of nitrogens with zero attached hydrogens (tertiary/aromatic N) is 3. The van der Waals surface area contributed by atoms with Crippen molar-refractivity contribution in [2.75, 3.05) is 27.9 Å². The molecule has 1 aliphatic carbocycles. The maximum atomic E-state index is 12.8. The second-order valence-electron chi connectivity index (χ2n) is 10.2. The molecule has 2 heterocycles. The van der Waals surface area contributed by atoms with E-state index in [0.29, 0.717) is 28.9 Å². The number of amides is 1. The van der Waals surface area contributed by atoms with Crippen LogP contribution in [-0.4, -0.2) is 60.3 Å². The number of hydrogen-bond donors (Lipinski definition) is 1. The van der Waals surface area contributed by atoms with Crippen LogP contribution >= 0.6 is 23.4 Å². The molecule has 0 bridgehead atoms. The lowest BCUT2D eigenvalue weighted by atomic mass is 10.0. The van der Waals surface area contributed by atoms with E-state index in [0.717, 1.165) is 41.3 Å². The minimum absolute atomic E-state index is 0.0113. The molecular weight excluding hydrogens is 580 g/mol. The van der Waals surface area contributed by atoms with Crippen molar-refractivity contribution >= 4 is 41.0 Å². The summed E-state index contributed by atoms with van der Waals surface area (Å²) in [6.07, 6.45) is 2.75. The van der Waals surface area contributed by atoms with Gasteiger partial charge in [-0.2, -0.15) is 0 Å². The summed E-state index contributed by atoms with van der Waals surface area (Å²) < 4.78 is 18.2. The zero-order valence-corrected chi connectivity index (χ0v) is 25.3. The first-order valence-electron chi connectivity index (χ1n) is 13.8. The monoisotopic (exact) mass is 612 g/mol. The van der Waals surface area contributed by atoms with Crippen LogP contribution in [0.25, 0.3) is 5.69 Å². The molecule has 222 valence electrons. The molecule has 42 heavy (non-hydrogen) atoms. The number of thioether (sulfide) groups is 1. The van der Waals surface area contributed by atoms with E-state index in [4.69, 9.17) is 21.1 Å². The molecule has 5 rings (SSSR count). The van der Waals surface area contributed by atoms with Crippen molar-refractivity contribution in [1.29, 1.82) is 0 Å². The van der Waals surface area contributed by atoms with Crippen LogP contribution in [0.1, 0.15) is 77.7 Å². The van der Waals surface area contributed by atoms with Crippen LogP contribution in [0.3, 0.4) is 0 Å². The lowest BCUT2D eigenvalue weighted by Crippen LogP contribution is -2.29. The van der Waals surface area contributed by atoms with Crippen LogP contribution in [0.15, 0.2) is 36.4 Å². The van der Waals surface area contributed by atoms with E-state index < -0.39 is 5.97 Å². The van der Waals surface area contributed by atoms with Crippen LogP contribution in [0.5, 0.6) is 11.5 Å². The number of carbonyl (C=O) groups is 3. The summed E-state index contributed by atoms with van der Waals surface area (Å²) >= 11 is 8.22. The molecule has 2 aromatic carbocycles. The lowest BCUT2D eigenvalue weighted by molar-refractivity contribution is -0.141. The average molecular weight is 613 g/mol. The van der Waals surface area contributed by atoms with Gasteiger partial charge in [-0.15, -0.1) is 22.0 Å². The Morgan fingerprint density at radius 1 is 1.00 bits per heavy atom. The highest BCUT2D eigenvalue weighted by atomic mass is 35.5. The first-order valence-corrected chi connectivity index (χ1v) is 15.1. The molecule has 1 aliphatic heterocycles. The van der Waals surface area contributed by atoms with Crippen molar-refractivity contribution in [2.24, 2.45) is 0 Å². The van der Waals surface area contributed by atoms with Gasteiger partial charge in [-0.3, -0.25) is 19.0 Å². The van der Waals surface area contributed by atoms with Gasteiger partial charge in [-0.25, -0.2) is 0 Å². The number of aromatic nitrogens is 3. The van der Waals surface area contributed by atoms with Crippen molar-refractivity contribution < 1.29 is 28.6 Å².